The van der Waals surface area contributed by atoms with Crippen molar-refractivity contribution in [3.05, 3.63) is 22.3 Å². The standard InChI is InChI=1S/C14H20BrN3O/c1-11-9-12(15)10-17-14(11)16-6-5-13(19)18-7-3-2-4-8-18/h9-10H,2-8H2,1H3,(H,16,17). The van der Waals surface area contributed by atoms with Gasteiger partial charge in [-0.3, -0.25) is 4.79 Å². The van der Waals surface area contributed by atoms with Crippen molar-refractivity contribution in [1.82, 2.24) is 9.88 Å². The number of piperidine rings is 1. The third-order valence-corrected chi connectivity index (χ3v) is 3.82. The van der Waals surface area contributed by atoms with Gasteiger partial charge < -0.3 is 10.2 Å². The summed E-state index contributed by atoms with van der Waals surface area (Å²) < 4.78 is 0.972. The van der Waals surface area contributed by atoms with E-state index in [2.05, 4.69) is 26.2 Å². The van der Waals surface area contributed by atoms with E-state index in [1.54, 1.807) is 6.20 Å². The van der Waals surface area contributed by atoms with Crippen molar-refractivity contribution in [1.29, 1.82) is 0 Å². The molecule has 2 heterocycles. The second-order valence-electron chi connectivity index (χ2n) is 4.94. The van der Waals surface area contributed by atoms with Crippen molar-refractivity contribution in [2.45, 2.75) is 32.6 Å². The fraction of sp³-hybridized carbons (Fsp3) is 0.571. The molecule has 1 aliphatic heterocycles. The first-order chi connectivity index (χ1) is 9.16. The fourth-order valence-corrected chi connectivity index (χ4v) is 2.76. The summed E-state index contributed by atoms with van der Waals surface area (Å²) in [7, 11) is 0. The largest absolute Gasteiger partial charge is 0.369 e. The zero-order chi connectivity index (χ0) is 13.7. The van der Waals surface area contributed by atoms with Crippen LogP contribution in [0, 0.1) is 6.92 Å². The third-order valence-electron chi connectivity index (χ3n) is 3.38. The minimum Gasteiger partial charge on any atom is -0.369 e. The molecule has 1 aromatic heterocycles. The number of carbonyl (C=O) groups is 1. The van der Waals surface area contributed by atoms with Gasteiger partial charge in [-0.05, 0) is 53.7 Å². The fourth-order valence-electron chi connectivity index (χ4n) is 2.31. The van der Waals surface area contributed by atoms with E-state index in [1.165, 1.54) is 6.42 Å². The molecule has 0 unspecified atom stereocenters. The lowest BCUT2D eigenvalue weighted by Crippen LogP contribution is -2.36. The third kappa shape index (κ3) is 4.20. The summed E-state index contributed by atoms with van der Waals surface area (Å²) in [6.07, 6.45) is 5.85. The van der Waals surface area contributed by atoms with Gasteiger partial charge in [0.1, 0.15) is 5.82 Å². The number of halogens is 1. The van der Waals surface area contributed by atoms with Gasteiger partial charge in [0, 0.05) is 36.7 Å². The summed E-state index contributed by atoms with van der Waals surface area (Å²) in [5.41, 5.74) is 1.08. The molecule has 0 spiro atoms. The molecular formula is C14H20BrN3O. The van der Waals surface area contributed by atoms with E-state index >= 15 is 0 Å². The number of aromatic nitrogens is 1. The SMILES string of the molecule is Cc1cc(Br)cnc1NCCC(=O)N1CCCCC1. The number of hydrogen-bond acceptors (Lipinski definition) is 3. The molecule has 1 aromatic rings. The first-order valence-electron chi connectivity index (χ1n) is 6.80. The van der Waals surface area contributed by atoms with Crippen LogP contribution < -0.4 is 5.32 Å². The number of carbonyl (C=O) groups excluding carboxylic acids is 1. The van der Waals surface area contributed by atoms with Crippen LogP contribution in [0.15, 0.2) is 16.7 Å². The van der Waals surface area contributed by atoms with Crippen LogP contribution in [0.5, 0.6) is 0 Å². The molecule has 0 atom stereocenters. The zero-order valence-corrected chi connectivity index (χ0v) is 12.9. The van der Waals surface area contributed by atoms with E-state index in [0.717, 1.165) is 41.8 Å². The van der Waals surface area contributed by atoms with Gasteiger partial charge in [-0.25, -0.2) is 4.98 Å². The molecule has 0 aromatic carbocycles. The summed E-state index contributed by atoms with van der Waals surface area (Å²) in [5, 5.41) is 3.23. The minimum absolute atomic E-state index is 0.252. The predicted octanol–water partition coefficient (Wildman–Crippen LogP) is 2.97. The molecule has 0 bridgehead atoms. The molecule has 1 aliphatic rings. The average Bonchev–Trinajstić information content (AvgIpc) is 2.42. The Morgan fingerprint density at radius 3 is 2.84 bits per heavy atom. The van der Waals surface area contributed by atoms with E-state index in [4.69, 9.17) is 0 Å². The summed E-state index contributed by atoms with van der Waals surface area (Å²) in [6.45, 7) is 4.50. The first-order valence-corrected chi connectivity index (χ1v) is 7.60. The summed E-state index contributed by atoms with van der Waals surface area (Å²) in [4.78, 5) is 18.3. The van der Waals surface area contributed by atoms with Gasteiger partial charge in [0.05, 0.1) is 0 Å². The molecule has 4 nitrogen and oxygen atoms in total. The Morgan fingerprint density at radius 2 is 2.16 bits per heavy atom. The number of aryl methyl sites for hydroxylation is 1. The van der Waals surface area contributed by atoms with E-state index in [9.17, 15) is 4.79 Å². The van der Waals surface area contributed by atoms with Gasteiger partial charge in [-0.2, -0.15) is 0 Å². The van der Waals surface area contributed by atoms with Crippen LogP contribution in [0.25, 0.3) is 0 Å². The Morgan fingerprint density at radius 1 is 1.42 bits per heavy atom. The van der Waals surface area contributed by atoms with Crippen molar-refractivity contribution >= 4 is 27.7 Å². The number of nitrogens with one attached hydrogen (secondary N) is 1. The van der Waals surface area contributed by atoms with E-state index in [-0.39, 0.29) is 5.91 Å². The molecule has 1 saturated heterocycles. The Hall–Kier alpha value is -1.10. The van der Waals surface area contributed by atoms with E-state index in [0.29, 0.717) is 13.0 Å². The van der Waals surface area contributed by atoms with Crippen molar-refractivity contribution < 1.29 is 4.79 Å². The van der Waals surface area contributed by atoms with Crippen molar-refractivity contribution in [3.8, 4) is 0 Å². The molecule has 1 amide bonds. The second-order valence-corrected chi connectivity index (χ2v) is 5.85. The Labute approximate surface area is 122 Å². The highest BCUT2D eigenvalue weighted by atomic mass is 79.9. The summed E-state index contributed by atoms with van der Waals surface area (Å²) >= 11 is 3.39. The van der Waals surface area contributed by atoms with Crippen LogP contribution in [0.4, 0.5) is 5.82 Å². The number of anilines is 1. The van der Waals surface area contributed by atoms with Crippen LogP contribution in [0.3, 0.4) is 0 Å². The Balaban J connectivity index is 1.78. The van der Waals surface area contributed by atoms with Crippen LogP contribution in [-0.2, 0) is 4.79 Å². The normalized spacial score (nSPS) is 15.4. The summed E-state index contributed by atoms with van der Waals surface area (Å²) in [6, 6.07) is 2.02. The smallest absolute Gasteiger partial charge is 0.224 e. The van der Waals surface area contributed by atoms with Crippen LogP contribution in [-0.4, -0.2) is 35.4 Å². The quantitative estimate of drug-likeness (QED) is 0.925. The molecule has 104 valence electrons. The van der Waals surface area contributed by atoms with Gasteiger partial charge >= 0.3 is 0 Å². The van der Waals surface area contributed by atoms with Crippen molar-refractivity contribution in [2.75, 3.05) is 25.0 Å². The lowest BCUT2D eigenvalue weighted by Gasteiger charge is -2.26. The van der Waals surface area contributed by atoms with E-state index in [1.807, 2.05) is 17.9 Å². The average molecular weight is 326 g/mol. The molecule has 19 heavy (non-hydrogen) atoms. The highest BCUT2D eigenvalue weighted by Crippen LogP contribution is 2.16. The van der Waals surface area contributed by atoms with E-state index < -0.39 is 0 Å². The molecule has 0 saturated carbocycles. The number of nitrogens with zero attached hydrogens (tertiary/aromatic N) is 2. The lowest BCUT2D eigenvalue weighted by atomic mass is 10.1. The molecule has 0 radical (unpaired) electrons. The highest BCUT2D eigenvalue weighted by molar-refractivity contribution is 9.10. The number of amides is 1. The Bertz CT molecular complexity index is 444. The number of likely N-dealkylation sites (tertiary alicyclic amines) is 1. The van der Waals surface area contributed by atoms with Gasteiger partial charge in [0.15, 0.2) is 0 Å². The predicted molar refractivity (Wildman–Crippen MR) is 80.2 cm³/mol. The molecule has 2 rings (SSSR count). The number of rotatable bonds is 4. The monoisotopic (exact) mass is 325 g/mol. The first kappa shape index (κ1) is 14.3. The molecule has 5 heteroatoms. The topological polar surface area (TPSA) is 45.2 Å². The highest BCUT2D eigenvalue weighted by Gasteiger charge is 2.15. The molecular weight excluding hydrogens is 306 g/mol. The maximum absolute atomic E-state index is 12.0. The maximum atomic E-state index is 12.0. The maximum Gasteiger partial charge on any atom is 0.224 e. The van der Waals surface area contributed by atoms with Crippen LogP contribution >= 0.6 is 15.9 Å². The zero-order valence-electron chi connectivity index (χ0n) is 11.3. The van der Waals surface area contributed by atoms with Gasteiger partial charge in [-0.15, -0.1) is 0 Å². The Kier molecular flexibility index (Phi) is 5.19. The van der Waals surface area contributed by atoms with Crippen molar-refractivity contribution in [3.63, 3.8) is 0 Å². The number of pyridine rings is 1. The lowest BCUT2D eigenvalue weighted by molar-refractivity contribution is -0.131. The van der Waals surface area contributed by atoms with Crippen LogP contribution in [0.2, 0.25) is 0 Å². The van der Waals surface area contributed by atoms with Gasteiger partial charge in [0.2, 0.25) is 5.91 Å². The number of hydrogen-bond donors (Lipinski definition) is 1. The van der Waals surface area contributed by atoms with Crippen LogP contribution in [0.1, 0.15) is 31.2 Å². The molecule has 1 N–H and O–H groups in total. The van der Waals surface area contributed by atoms with Gasteiger partial charge in [-0.1, -0.05) is 0 Å². The van der Waals surface area contributed by atoms with Crippen molar-refractivity contribution in [2.24, 2.45) is 0 Å². The van der Waals surface area contributed by atoms with Gasteiger partial charge in [0.25, 0.3) is 0 Å². The summed E-state index contributed by atoms with van der Waals surface area (Å²) in [5.74, 6) is 1.11. The molecule has 0 aliphatic carbocycles. The minimum atomic E-state index is 0.252. The molecule has 1 fully saturated rings. The second kappa shape index (κ2) is 6.89.